The van der Waals surface area contributed by atoms with E-state index in [0.29, 0.717) is 0 Å². The van der Waals surface area contributed by atoms with Crippen molar-refractivity contribution in [2.75, 3.05) is 0 Å². The molecule has 0 atom stereocenters. The van der Waals surface area contributed by atoms with E-state index in [0.717, 1.165) is 32.3 Å². The number of hydrogen-bond acceptors (Lipinski definition) is 3. The summed E-state index contributed by atoms with van der Waals surface area (Å²) in [5.74, 6) is 0.0837. The summed E-state index contributed by atoms with van der Waals surface area (Å²) < 4.78 is 35.4. The van der Waals surface area contributed by atoms with E-state index in [1.807, 2.05) is 48.5 Å². The second-order valence-electron chi connectivity index (χ2n) is 5.31. The predicted molar refractivity (Wildman–Crippen MR) is 91.1 cm³/mol. The van der Waals surface area contributed by atoms with Crippen LogP contribution in [0.1, 0.15) is 0 Å². The minimum absolute atomic E-state index is 0.0837. The highest BCUT2D eigenvalue weighted by Gasteiger charge is 2.11. The maximum Gasteiger partial charge on any atom is 0.446 e. The van der Waals surface area contributed by atoms with Crippen LogP contribution in [0.2, 0.25) is 0 Å². The average molecular weight is 324 g/mol. The Morgan fingerprint density at radius 1 is 0.652 bits per heavy atom. The summed E-state index contributed by atoms with van der Waals surface area (Å²) in [6.07, 6.45) is 0. The van der Waals surface area contributed by atoms with Crippen molar-refractivity contribution in [1.29, 1.82) is 0 Å². The average Bonchev–Trinajstić information content (AvgIpc) is 2.53. The highest BCUT2D eigenvalue weighted by Crippen LogP contribution is 2.36. The van der Waals surface area contributed by atoms with Crippen molar-refractivity contribution in [3.63, 3.8) is 0 Å². The third-order valence-electron chi connectivity index (χ3n) is 3.92. The quantitative estimate of drug-likeness (QED) is 0.440. The lowest BCUT2D eigenvalue weighted by Gasteiger charge is -2.11. The smallest absolute Gasteiger partial charge is 0.362 e. The van der Waals surface area contributed by atoms with Gasteiger partial charge in [-0.25, -0.2) is 0 Å². The fourth-order valence-corrected chi connectivity index (χ4v) is 3.41. The minimum atomic E-state index is -4.54. The van der Waals surface area contributed by atoms with Gasteiger partial charge >= 0.3 is 10.4 Å². The van der Waals surface area contributed by atoms with Crippen LogP contribution in [0.4, 0.5) is 0 Å². The third kappa shape index (κ3) is 2.40. The zero-order valence-corrected chi connectivity index (χ0v) is 12.7. The first kappa shape index (κ1) is 14.0. The zero-order chi connectivity index (χ0) is 16.0. The van der Waals surface area contributed by atoms with E-state index in [2.05, 4.69) is 10.2 Å². The fourth-order valence-electron chi connectivity index (χ4n) is 3.06. The van der Waals surface area contributed by atoms with Gasteiger partial charge in [-0.05, 0) is 50.5 Å². The molecule has 1 N–H and O–H groups in total. The van der Waals surface area contributed by atoms with Crippen LogP contribution in [0.5, 0.6) is 5.75 Å². The molecule has 0 saturated heterocycles. The van der Waals surface area contributed by atoms with Gasteiger partial charge in [0.15, 0.2) is 0 Å². The monoisotopic (exact) mass is 324 g/mol. The summed E-state index contributed by atoms with van der Waals surface area (Å²) in [4.78, 5) is 0. The molecule has 0 aliphatic rings. The molecular weight excluding hydrogens is 312 g/mol. The van der Waals surface area contributed by atoms with Crippen molar-refractivity contribution in [2.45, 2.75) is 0 Å². The van der Waals surface area contributed by atoms with E-state index in [9.17, 15) is 8.42 Å². The number of fused-ring (bicyclic) bond motifs is 6. The van der Waals surface area contributed by atoms with E-state index < -0.39 is 10.4 Å². The summed E-state index contributed by atoms with van der Waals surface area (Å²) in [5.41, 5.74) is 0. The van der Waals surface area contributed by atoms with Crippen LogP contribution in [0.3, 0.4) is 0 Å². The minimum Gasteiger partial charge on any atom is -0.362 e. The molecule has 0 amide bonds. The Balaban J connectivity index is 2.17. The van der Waals surface area contributed by atoms with Crippen molar-refractivity contribution in [3.8, 4) is 5.75 Å². The first-order valence-corrected chi connectivity index (χ1v) is 8.39. The Kier molecular flexibility index (Phi) is 3.01. The standard InChI is InChI=1S/C18H12O4S/c19-23(20,21)22-12-9-10-17-15-7-2-1-5-13(15)14-6-3-4-8-16(14)18(17)11-12/h1-11H,(H,19,20,21). The summed E-state index contributed by atoms with van der Waals surface area (Å²) in [6, 6.07) is 21.0. The largest absolute Gasteiger partial charge is 0.446 e. The van der Waals surface area contributed by atoms with E-state index in [4.69, 9.17) is 4.55 Å². The van der Waals surface area contributed by atoms with Crippen LogP contribution in [0, 0.1) is 0 Å². The second kappa shape index (κ2) is 4.94. The summed E-state index contributed by atoms with van der Waals surface area (Å²) in [7, 11) is -4.54. The first-order valence-electron chi connectivity index (χ1n) is 7.03. The third-order valence-corrected chi connectivity index (χ3v) is 4.32. The molecule has 4 rings (SSSR count). The number of hydrogen-bond donors (Lipinski definition) is 1. The van der Waals surface area contributed by atoms with Gasteiger partial charge in [0.25, 0.3) is 0 Å². The molecule has 4 aromatic carbocycles. The van der Waals surface area contributed by atoms with Gasteiger partial charge in [-0.15, -0.1) is 0 Å². The Morgan fingerprint density at radius 3 is 1.57 bits per heavy atom. The van der Waals surface area contributed by atoms with Crippen molar-refractivity contribution in [2.24, 2.45) is 0 Å². The molecule has 0 radical (unpaired) electrons. The van der Waals surface area contributed by atoms with Crippen molar-refractivity contribution >= 4 is 42.7 Å². The topological polar surface area (TPSA) is 63.6 Å². The molecule has 0 aliphatic heterocycles. The van der Waals surface area contributed by atoms with Crippen LogP contribution < -0.4 is 4.18 Å². The molecule has 0 heterocycles. The Morgan fingerprint density at radius 2 is 1.09 bits per heavy atom. The van der Waals surface area contributed by atoms with Crippen LogP contribution in [-0.2, 0) is 10.4 Å². The summed E-state index contributed by atoms with van der Waals surface area (Å²) >= 11 is 0. The van der Waals surface area contributed by atoms with Gasteiger partial charge in [0.05, 0.1) is 0 Å². The molecule has 0 spiro atoms. The van der Waals surface area contributed by atoms with Gasteiger partial charge in [-0.1, -0.05) is 48.5 Å². The molecule has 0 bridgehead atoms. The molecule has 0 unspecified atom stereocenters. The van der Waals surface area contributed by atoms with Gasteiger partial charge in [0, 0.05) is 0 Å². The van der Waals surface area contributed by atoms with E-state index in [1.165, 1.54) is 6.07 Å². The lowest BCUT2D eigenvalue weighted by atomic mass is 9.94. The van der Waals surface area contributed by atoms with Crippen molar-refractivity contribution in [1.82, 2.24) is 0 Å². The Bertz CT molecular complexity index is 1130. The van der Waals surface area contributed by atoms with Gasteiger partial charge in [-0.3, -0.25) is 4.55 Å². The Hall–Kier alpha value is -2.63. The molecule has 0 saturated carbocycles. The highest BCUT2D eigenvalue weighted by molar-refractivity contribution is 7.81. The van der Waals surface area contributed by atoms with Gasteiger partial charge in [0.2, 0.25) is 0 Å². The molecule has 0 aliphatic carbocycles. The van der Waals surface area contributed by atoms with Crippen LogP contribution in [0.15, 0.2) is 66.7 Å². The number of rotatable bonds is 2. The number of benzene rings is 4. The SMILES string of the molecule is O=S(=O)(O)Oc1ccc2c3ccccc3c3ccccc3c2c1. The predicted octanol–water partition coefficient (Wildman–Crippen LogP) is 4.33. The summed E-state index contributed by atoms with van der Waals surface area (Å²) in [6.45, 7) is 0. The second-order valence-corrected chi connectivity index (χ2v) is 6.33. The fraction of sp³-hybridized carbons (Fsp3) is 0. The maximum absolute atomic E-state index is 10.9. The lowest BCUT2D eigenvalue weighted by Crippen LogP contribution is -2.06. The molecule has 0 aromatic heterocycles. The summed E-state index contributed by atoms with van der Waals surface area (Å²) in [5, 5.41) is 6.18. The molecule has 114 valence electrons. The van der Waals surface area contributed by atoms with Crippen LogP contribution >= 0.6 is 0 Å². The Labute approximate surface area is 132 Å². The zero-order valence-electron chi connectivity index (χ0n) is 11.9. The van der Waals surface area contributed by atoms with E-state index in [-0.39, 0.29) is 5.75 Å². The van der Waals surface area contributed by atoms with Crippen molar-refractivity contribution < 1.29 is 17.2 Å². The molecule has 5 heteroatoms. The normalized spacial score (nSPS) is 12.0. The maximum atomic E-state index is 10.9. The molecule has 23 heavy (non-hydrogen) atoms. The van der Waals surface area contributed by atoms with Gasteiger partial charge < -0.3 is 4.18 Å². The van der Waals surface area contributed by atoms with E-state index in [1.54, 1.807) is 6.07 Å². The van der Waals surface area contributed by atoms with E-state index >= 15 is 0 Å². The van der Waals surface area contributed by atoms with Crippen molar-refractivity contribution in [3.05, 3.63) is 66.7 Å². The lowest BCUT2D eigenvalue weighted by molar-refractivity contribution is 0.387. The highest BCUT2D eigenvalue weighted by atomic mass is 32.3. The van der Waals surface area contributed by atoms with Crippen LogP contribution in [0.25, 0.3) is 32.3 Å². The molecular formula is C18H12O4S. The molecule has 0 fully saturated rings. The van der Waals surface area contributed by atoms with Gasteiger partial charge in [-0.2, -0.15) is 8.42 Å². The van der Waals surface area contributed by atoms with Gasteiger partial charge in [0.1, 0.15) is 5.75 Å². The van der Waals surface area contributed by atoms with Crippen LogP contribution in [-0.4, -0.2) is 13.0 Å². The molecule has 4 aromatic rings. The molecule has 4 nitrogen and oxygen atoms in total. The first-order chi connectivity index (χ1) is 11.0.